The largest absolute Gasteiger partial charge is 0.394 e. The predicted molar refractivity (Wildman–Crippen MR) is 84.1 cm³/mol. The third kappa shape index (κ3) is 3.73. The number of nitrogens with one attached hydrogen (secondary N) is 1. The molecule has 0 radical (unpaired) electrons. The average Bonchev–Trinajstić information content (AvgIpc) is 2.63. The van der Waals surface area contributed by atoms with Gasteiger partial charge in [0.05, 0.1) is 17.8 Å². The SMILES string of the molecule is Cc1nn(C)c(N(C)C(C)(C)CO)c1CNCC(C)C. The van der Waals surface area contributed by atoms with E-state index in [1.807, 2.05) is 39.5 Å². The Kier molecular flexibility index (Phi) is 5.59. The van der Waals surface area contributed by atoms with Crippen molar-refractivity contribution in [2.75, 3.05) is 25.1 Å². The molecule has 0 atom stereocenters. The molecular formula is C15H30N4O. The number of aliphatic hydroxyl groups is 1. The lowest BCUT2D eigenvalue weighted by Crippen LogP contribution is -2.45. The van der Waals surface area contributed by atoms with E-state index < -0.39 is 0 Å². The van der Waals surface area contributed by atoms with Crippen molar-refractivity contribution in [2.24, 2.45) is 13.0 Å². The monoisotopic (exact) mass is 282 g/mol. The molecule has 1 rings (SSSR count). The van der Waals surface area contributed by atoms with Crippen molar-refractivity contribution in [3.63, 3.8) is 0 Å². The van der Waals surface area contributed by atoms with Crippen molar-refractivity contribution in [1.82, 2.24) is 15.1 Å². The van der Waals surface area contributed by atoms with Gasteiger partial charge in [-0.2, -0.15) is 5.10 Å². The summed E-state index contributed by atoms with van der Waals surface area (Å²) in [5.41, 5.74) is 1.93. The van der Waals surface area contributed by atoms with Crippen molar-refractivity contribution < 1.29 is 5.11 Å². The summed E-state index contributed by atoms with van der Waals surface area (Å²) in [7, 11) is 3.97. The molecular weight excluding hydrogens is 252 g/mol. The van der Waals surface area contributed by atoms with Crippen LogP contribution in [0.25, 0.3) is 0 Å². The lowest BCUT2D eigenvalue weighted by Gasteiger charge is -2.36. The molecule has 0 saturated heterocycles. The summed E-state index contributed by atoms with van der Waals surface area (Å²) in [6.07, 6.45) is 0. The smallest absolute Gasteiger partial charge is 0.131 e. The van der Waals surface area contributed by atoms with Crippen LogP contribution < -0.4 is 10.2 Å². The zero-order valence-electron chi connectivity index (χ0n) is 14.0. The van der Waals surface area contributed by atoms with Crippen LogP contribution in [0.5, 0.6) is 0 Å². The van der Waals surface area contributed by atoms with Gasteiger partial charge in [0.1, 0.15) is 5.82 Å². The standard InChI is InChI=1S/C15H30N4O/c1-11(2)8-16-9-13-12(3)17-19(7)14(13)18(6)15(4,5)10-20/h11,16,20H,8-10H2,1-7H3. The second kappa shape index (κ2) is 6.59. The highest BCUT2D eigenvalue weighted by atomic mass is 16.3. The molecule has 0 bridgehead atoms. The minimum absolute atomic E-state index is 0.104. The minimum Gasteiger partial charge on any atom is -0.394 e. The number of nitrogens with zero attached hydrogens (tertiary/aromatic N) is 3. The highest BCUT2D eigenvalue weighted by Crippen LogP contribution is 2.27. The molecule has 0 saturated carbocycles. The highest BCUT2D eigenvalue weighted by molar-refractivity contribution is 5.51. The first-order valence-corrected chi connectivity index (χ1v) is 7.28. The minimum atomic E-state index is -0.312. The van der Waals surface area contributed by atoms with Crippen molar-refractivity contribution in [1.29, 1.82) is 0 Å². The fourth-order valence-electron chi connectivity index (χ4n) is 2.19. The molecule has 116 valence electrons. The molecule has 1 heterocycles. The van der Waals surface area contributed by atoms with Gasteiger partial charge in [-0.1, -0.05) is 13.8 Å². The highest BCUT2D eigenvalue weighted by Gasteiger charge is 2.28. The molecule has 5 nitrogen and oxygen atoms in total. The zero-order valence-corrected chi connectivity index (χ0v) is 14.0. The third-order valence-electron chi connectivity index (χ3n) is 3.78. The Hall–Kier alpha value is -1.07. The van der Waals surface area contributed by atoms with Crippen LogP contribution in [0.1, 0.15) is 39.0 Å². The van der Waals surface area contributed by atoms with Gasteiger partial charge < -0.3 is 15.3 Å². The van der Waals surface area contributed by atoms with Gasteiger partial charge in [-0.15, -0.1) is 0 Å². The zero-order chi connectivity index (χ0) is 15.5. The number of aryl methyl sites for hydroxylation is 2. The van der Waals surface area contributed by atoms with Crippen LogP contribution in [0, 0.1) is 12.8 Å². The van der Waals surface area contributed by atoms with Crippen molar-refractivity contribution >= 4 is 5.82 Å². The van der Waals surface area contributed by atoms with Gasteiger partial charge in [0.2, 0.25) is 0 Å². The molecule has 2 N–H and O–H groups in total. The average molecular weight is 282 g/mol. The topological polar surface area (TPSA) is 53.3 Å². The molecule has 0 spiro atoms. The van der Waals surface area contributed by atoms with Crippen LogP contribution >= 0.6 is 0 Å². The Balaban J connectivity index is 3.01. The van der Waals surface area contributed by atoms with E-state index in [0.29, 0.717) is 5.92 Å². The number of hydrogen-bond acceptors (Lipinski definition) is 4. The maximum Gasteiger partial charge on any atom is 0.131 e. The van der Waals surface area contributed by atoms with E-state index in [0.717, 1.165) is 24.6 Å². The summed E-state index contributed by atoms with van der Waals surface area (Å²) < 4.78 is 1.90. The third-order valence-corrected chi connectivity index (χ3v) is 3.78. The molecule has 1 aromatic heterocycles. The van der Waals surface area contributed by atoms with Crippen LogP contribution in [0.4, 0.5) is 5.82 Å². The normalized spacial score (nSPS) is 12.2. The van der Waals surface area contributed by atoms with Gasteiger partial charge in [0.15, 0.2) is 0 Å². The quantitative estimate of drug-likeness (QED) is 0.799. The fraction of sp³-hybridized carbons (Fsp3) is 0.800. The van der Waals surface area contributed by atoms with E-state index in [9.17, 15) is 5.11 Å². The summed E-state index contributed by atoms with van der Waals surface area (Å²) >= 11 is 0. The lowest BCUT2D eigenvalue weighted by atomic mass is 10.0. The second-order valence-electron chi connectivity index (χ2n) is 6.57. The summed E-state index contributed by atoms with van der Waals surface area (Å²) in [5.74, 6) is 1.69. The maximum atomic E-state index is 9.58. The Labute approximate surface area is 123 Å². The molecule has 1 aromatic rings. The van der Waals surface area contributed by atoms with Gasteiger partial charge in [0.25, 0.3) is 0 Å². The summed E-state index contributed by atoms with van der Waals surface area (Å²) in [5, 5.41) is 17.6. The number of anilines is 1. The molecule has 20 heavy (non-hydrogen) atoms. The Morgan fingerprint density at radius 3 is 2.50 bits per heavy atom. The lowest BCUT2D eigenvalue weighted by molar-refractivity contribution is 0.215. The van der Waals surface area contributed by atoms with Crippen LogP contribution in [0.3, 0.4) is 0 Å². The molecule has 0 amide bonds. The summed E-state index contributed by atoms with van der Waals surface area (Å²) in [6.45, 7) is 12.4. The van der Waals surface area contributed by atoms with E-state index in [-0.39, 0.29) is 12.1 Å². The van der Waals surface area contributed by atoms with E-state index in [1.165, 1.54) is 5.56 Å². The Morgan fingerprint density at radius 2 is 2.00 bits per heavy atom. The molecule has 5 heteroatoms. The molecule has 0 fully saturated rings. The molecule has 0 aliphatic carbocycles. The number of aliphatic hydroxyl groups excluding tert-OH is 1. The van der Waals surface area contributed by atoms with Crippen molar-refractivity contribution in [3.8, 4) is 0 Å². The van der Waals surface area contributed by atoms with Crippen LogP contribution in [0.2, 0.25) is 0 Å². The summed E-state index contributed by atoms with van der Waals surface area (Å²) in [4.78, 5) is 2.11. The first-order valence-electron chi connectivity index (χ1n) is 7.28. The van der Waals surface area contributed by atoms with Crippen LogP contribution in [0.15, 0.2) is 0 Å². The van der Waals surface area contributed by atoms with Gasteiger partial charge in [-0.3, -0.25) is 4.68 Å². The number of hydrogen-bond donors (Lipinski definition) is 2. The number of aromatic nitrogens is 2. The van der Waals surface area contributed by atoms with Crippen LogP contribution in [-0.2, 0) is 13.6 Å². The van der Waals surface area contributed by atoms with E-state index in [2.05, 4.69) is 29.2 Å². The first-order chi connectivity index (χ1) is 9.20. The van der Waals surface area contributed by atoms with Gasteiger partial charge >= 0.3 is 0 Å². The summed E-state index contributed by atoms with van der Waals surface area (Å²) in [6, 6.07) is 0. The van der Waals surface area contributed by atoms with Gasteiger partial charge in [-0.05, 0) is 33.2 Å². The maximum absolute atomic E-state index is 9.58. The first kappa shape index (κ1) is 17.0. The van der Waals surface area contributed by atoms with Gasteiger partial charge in [-0.25, -0.2) is 0 Å². The predicted octanol–water partition coefficient (Wildman–Crippen LogP) is 1.68. The Bertz CT molecular complexity index is 437. The van der Waals surface area contributed by atoms with E-state index >= 15 is 0 Å². The van der Waals surface area contributed by atoms with E-state index in [1.54, 1.807) is 0 Å². The number of rotatable bonds is 7. The molecule has 0 unspecified atom stereocenters. The molecule has 0 aliphatic heterocycles. The number of likely N-dealkylation sites (N-methyl/N-ethyl adjacent to an activating group) is 1. The Morgan fingerprint density at radius 1 is 1.40 bits per heavy atom. The van der Waals surface area contributed by atoms with Crippen molar-refractivity contribution in [2.45, 2.75) is 46.7 Å². The van der Waals surface area contributed by atoms with Crippen LogP contribution in [-0.4, -0.2) is 40.6 Å². The molecule has 0 aromatic carbocycles. The van der Waals surface area contributed by atoms with E-state index in [4.69, 9.17) is 0 Å². The molecule has 0 aliphatic rings. The van der Waals surface area contributed by atoms with Crippen molar-refractivity contribution in [3.05, 3.63) is 11.3 Å². The fourth-order valence-corrected chi connectivity index (χ4v) is 2.19. The second-order valence-corrected chi connectivity index (χ2v) is 6.57. The van der Waals surface area contributed by atoms with Gasteiger partial charge in [0, 0.05) is 26.2 Å².